The van der Waals surface area contributed by atoms with Crippen molar-refractivity contribution in [3.63, 3.8) is 0 Å². The quantitative estimate of drug-likeness (QED) is 0.829. The van der Waals surface area contributed by atoms with Crippen molar-refractivity contribution in [2.45, 2.75) is 57.2 Å². The summed E-state index contributed by atoms with van der Waals surface area (Å²) >= 11 is 0. The summed E-state index contributed by atoms with van der Waals surface area (Å²) < 4.78 is 1.98. The van der Waals surface area contributed by atoms with Crippen molar-refractivity contribution in [2.24, 2.45) is 0 Å². The van der Waals surface area contributed by atoms with E-state index in [0.29, 0.717) is 12.6 Å². The molecule has 1 fully saturated rings. The van der Waals surface area contributed by atoms with Gasteiger partial charge in [-0.15, -0.1) is 0 Å². The van der Waals surface area contributed by atoms with Crippen molar-refractivity contribution in [1.82, 2.24) is 15.1 Å². The van der Waals surface area contributed by atoms with E-state index >= 15 is 0 Å². The number of hydrogen-bond donors (Lipinski definition) is 2. The minimum Gasteiger partial charge on any atom is -0.394 e. The molecule has 2 N–H and O–H groups in total. The van der Waals surface area contributed by atoms with Crippen LogP contribution in [0.25, 0.3) is 0 Å². The third-order valence-electron chi connectivity index (χ3n) is 4.12. The van der Waals surface area contributed by atoms with Gasteiger partial charge in [0.15, 0.2) is 0 Å². The van der Waals surface area contributed by atoms with Crippen LogP contribution in [0, 0.1) is 0 Å². The molecular formula is C13H21N3O. The molecule has 4 nitrogen and oxygen atoms in total. The molecule has 2 aliphatic carbocycles. The Morgan fingerprint density at radius 2 is 2.24 bits per heavy atom. The van der Waals surface area contributed by atoms with E-state index in [4.69, 9.17) is 5.11 Å². The average molecular weight is 235 g/mol. The van der Waals surface area contributed by atoms with Crippen LogP contribution in [-0.2, 0) is 13.0 Å². The number of nitrogens with zero attached hydrogens (tertiary/aromatic N) is 2. The lowest BCUT2D eigenvalue weighted by Crippen LogP contribution is -2.39. The van der Waals surface area contributed by atoms with Gasteiger partial charge in [0.25, 0.3) is 0 Å². The normalized spacial score (nSPS) is 24.4. The maximum atomic E-state index is 9.02. The summed E-state index contributed by atoms with van der Waals surface area (Å²) in [6.07, 6.45) is 9.61. The van der Waals surface area contributed by atoms with E-state index in [9.17, 15) is 0 Å². The van der Waals surface area contributed by atoms with Gasteiger partial charge in [0.05, 0.1) is 19.3 Å². The SMILES string of the molecule is OCCn1ncc2c1CCCC2NC1CCC1. The third kappa shape index (κ3) is 2.11. The molecule has 0 aromatic carbocycles. The number of aliphatic hydroxyl groups is 1. The second kappa shape index (κ2) is 4.78. The molecule has 1 atom stereocenters. The number of aromatic nitrogens is 2. The highest BCUT2D eigenvalue weighted by molar-refractivity contribution is 5.25. The second-order valence-electron chi connectivity index (χ2n) is 5.23. The topological polar surface area (TPSA) is 50.1 Å². The van der Waals surface area contributed by atoms with Crippen molar-refractivity contribution < 1.29 is 5.11 Å². The summed E-state index contributed by atoms with van der Waals surface area (Å²) in [6.45, 7) is 0.806. The van der Waals surface area contributed by atoms with Crippen molar-refractivity contribution in [3.05, 3.63) is 17.5 Å². The van der Waals surface area contributed by atoms with Crippen LogP contribution in [0.5, 0.6) is 0 Å². The number of fused-ring (bicyclic) bond motifs is 1. The highest BCUT2D eigenvalue weighted by atomic mass is 16.3. The Morgan fingerprint density at radius 3 is 2.94 bits per heavy atom. The maximum absolute atomic E-state index is 9.02. The molecule has 3 rings (SSSR count). The molecule has 2 aliphatic rings. The summed E-state index contributed by atoms with van der Waals surface area (Å²) in [5, 5.41) is 17.2. The number of hydrogen-bond acceptors (Lipinski definition) is 3. The minimum atomic E-state index is 0.175. The van der Waals surface area contributed by atoms with Crippen LogP contribution in [0.3, 0.4) is 0 Å². The molecule has 1 heterocycles. The van der Waals surface area contributed by atoms with Crippen LogP contribution in [0.4, 0.5) is 0 Å². The molecule has 1 aromatic rings. The molecule has 94 valence electrons. The first-order valence-corrected chi connectivity index (χ1v) is 6.80. The van der Waals surface area contributed by atoms with Gasteiger partial charge in [-0.2, -0.15) is 5.10 Å². The van der Waals surface area contributed by atoms with E-state index in [2.05, 4.69) is 10.4 Å². The fourth-order valence-corrected chi connectivity index (χ4v) is 2.94. The highest BCUT2D eigenvalue weighted by Crippen LogP contribution is 2.32. The Kier molecular flexibility index (Phi) is 3.16. The van der Waals surface area contributed by atoms with Crippen LogP contribution in [0.15, 0.2) is 6.20 Å². The van der Waals surface area contributed by atoms with Crippen molar-refractivity contribution in [3.8, 4) is 0 Å². The zero-order chi connectivity index (χ0) is 11.7. The predicted molar refractivity (Wildman–Crippen MR) is 65.8 cm³/mol. The van der Waals surface area contributed by atoms with Crippen molar-refractivity contribution in [2.75, 3.05) is 6.61 Å². The van der Waals surface area contributed by atoms with E-state index in [0.717, 1.165) is 12.5 Å². The monoisotopic (exact) mass is 235 g/mol. The molecule has 0 bridgehead atoms. The lowest BCUT2D eigenvalue weighted by molar-refractivity contribution is 0.264. The zero-order valence-corrected chi connectivity index (χ0v) is 10.2. The minimum absolute atomic E-state index is 0.175. The first kappa shape index (κ1) is 11.2. The van der Waals surface area contributed by atoms with E-state index in [-0.39, 0.29) is 6.61 Å². The molecule has 0 radical (unpaired) electrons. The van der Waals surface area contributed by atoms with Gasteiger partial charge in [0, 0.05) is 23.3 Å². The van der Waals surface area contributed by atoms with Gasteiger partial charge in [0.2, 0.25) is 0 Å². The molecule has 1 saturated carbocycles. The molecule has 1 unspecified atom stereocenters. The first-order valence-electron chi connectivity index (χ1n) is 6.80. The summed E-state index contributed by atoms with van der Waals surface area (Å²) in [7, 11) is 0. The van der Waals surface area contributed by atoms with E-state index in [1.807, 2.05) is 10.9 Å². The summed E-state index contributed by atoms with van der Waals surface area (Å²) in [6, 6.07) is 1.23. The van der Waals surface area contributed by atoms with Crippen LogP contribution in [0.1, 0.15) is 49.4 Å². The largest absolute Gasteiger partial charge is 0.394 e. The Balaban J connectivity index is 1.76. The number of nitrogens with one attached hydrogen (secondary N) is 1. The lowest BCUT2D eigenvalue weighted by Gasteiger charge is -2.33. The zero-order valence-electron chi connectivity index (χ0n) is 10.2. The summed E-state index contributed by atoms with van der Waals surface area (Å²) in [5.41, 5.74) is 2.71. The standard InChI is InChI=1S/C13H21N3O/c17-8-7-16-13-6-2-5-12(11(13)9-14-16)15-10-3-1-4-10/h9-10,12,15,17H,1-8H2. The number of rotatable bonds is 4. The van der Waals surface area contributed by atoms with E-state index in [1.165, 1.54) is 43.4 Å². The molecule has 17 heavy (non-hydrogen) atoms. The maximum Gasteiger partial charge on any atom is 0.0644 e. The molecule has 1 aromatic heterocycles. The molecule has 0 spiro atoms. The Labute approximate surface area is 102 Å². The predicted octanol–water partition coefficient (Wildman–Crippen LogP) is 1.39. The lowest BCUT2D eigenvalue weighted by atomic mass is 9.88. The third-order valence-corrected chi connectivity index (χ3v) is 4.12. The van der Waals surface area contributed by atoms with Crippen LogP contribution in [-0.4, -0.2) is 27.5 Å². The van der Waals surface area contributed by atoms with E-state index in [1.54, 1.807) is 0 Å². The van der Waals surface area contributed by atoms with E-state index < -0.39 is 0 Å². The van der Waals surface area contributed by atoms with Gasteiger partial charge in [-0.25, -0.2) is 0 Å². The molecular weight excluding hydrogens is 214 g/mol. The second-order valence-corrected chi connectivity index (χ2v) is 5.23. The van der Waals surface area contributed by atoms with Gasteiger partial charge >= 0.3 is 0 Å². The number of aliphatic hydroxyl groups excluding tert-OH is 1. The Hall–Kier alpha value is -0.870. The highest BCUT2D eigenvalue weighted by Gasteiger charge is 2.27. The van der Waals surface area contributed by atoms with Gasteiger partial charge in [-0.1, -0.05) is 6.42 Å². The Morgan fingerprint density at radius 1 is 1.35 bits per heavy atom. The fourth-order valence-electron chi connectivity index (χ4n) is 2.94. The van der Waals surface area contributed by atoms with Gasteiger partial charge in [-0.3, -0.25) is 4.68 Å². The van der Waals surface area contributed by atoms with Crippen LogP contribution in [0.2, 0.25) is 0 Å². The Bertz CT molecular complexity index is 384. The van der Waals surface area contributed by atoms with Gasteiger partial charge in [-0.05, 0) is 32.1 Å². The van der Waals surface area contributed by atoms with Crippen LogP contribution >= 0.6 is 0 Å². The van der Waals surface area contributed by atoms with Crippen molar-refractivity contribution >= 4 is 0 Å². The molecule has 0 aliphatic heterocycles. The fraction of sp³-hybridized carbons (Fsp3) is 0.769. The molecule has 4 heteroatoms. The van der Waals surface area contributed by atoms with Crippen LogP contribution < -0.4 is 5.32 Å². The van der Waals surface area contributed by atoms with Gasteiger partial charge < -0.3 is 10.4 Å². The smallest absolute Gasteiger partial charge is 0.0644 e. The first-order chi connectivity index (χ1) is 8.38. The average Bonchev–Trinajstić information content (AvgIpc) is 2.69. The van der Waals surface area contributed by atoms with Crippen molar-refractivity contribution in [1.29, 1.82) is 0 Å². The van der Waals surface area contributed by atoms with Gasteiger partial charge in [0.1, 0.15) is 0 Å². The summed E-state index contributed by atoms with van der Waals surface area (Å²) in [5.74, 6) is 0. The molecule has 0 amide bonds. The summed E-state index contributed by atoms with van der Waals surface area (Å²) in [4.78, 5) is 0. The molecule has 0 saturated heterocycles.